The average molecular weight is 274 g/mol. The minimum atomic E-state index is 0.563. The third kappa shape index (κ3) is 4.32. The first-order valence-electron chi connectivity index (χ1n) is 8.08. The lowest BCUT2D eigenvalue weighted by Gasteiger charge is -2.29. The highest BCUT2D eigenvalue weighted by Crippen LogP contribution is 2.16. The van der Waals surface area contributed by atoms with Gasteiger partial charge in [0.25, 0.3) is 0 Å². The summed E-state index contributed by atoms with van der Waals surface area (Å²) >= 11 is 0. The SMILES string of the molecule is Cc1cc(C)c(CNC(C)CN2CCCCC2)c(C)c1. The van der Waals surface area contributed by atoms with Crippen LogP contribution in [0.4, 0.5) is 0 Å². The number of likely N-dealkylation sites (tertiary alicyclic amines) is 1. The molecule has 1 aromatic rings. The second kappa shape index (κ2) is 7.24. The summed E-state index contributed by atoms with van der Waals surface area (Å²) in [5.74, 6) is 0. The molecule has 0 spiro atoms. The molecule has 2 heteroatoms. The van der Waals surface area contributed by atoms with Crippen LogP contribution in [0.15, 0.2) is 12.1 Å². The van der Waals surface area contributed by atoms with Crippen molar-refractivity contribution in [3.05, 3.63) is 34.4 Å². The molecule has 1 saturated heterocycles. The van der Waals surface area contributed by atoms with E-state index in [0.717, 1.165) is 6.54 Å². The summed E-state index contributed by atoms with van der Waals surface area (Å²) in [6.45, 7) is 13.7. The predicted octanol–water partition coefficient (Wildman–Crippen LogP) is 3.58. The molecule has 2 nitrogen and oxygen atoms in total. The summed E-state index contributed by atoms with van der Waals surface area (Å²) in [5.41, 5.74) is 5.67. The maximum absolute atomic E-state index is 3.71. The quantitative estimate of drug-likeness (QED) is 0.883. The average Bonchev–Trinajstić information content (AvgIpc) is 2.38. The third-order valence-corrected chi connectivity index (χ3v) is 4.45. The fourth-order valence-corrected chi connectivity index (χ4v) is 3.36. The van der Waals surface area contributed by atoms with Gasteiger partial charge in [-0.3, -0.25) is 0 Å². The summed E-state index contributed by atoms with van der Waals surface area (Å²) in [4.78, 5) is 2.61. The van der Waals surface area contributed by atoms with Crippen molar-refractivity contribution in [2.24, 2.45) is 0 Å². The van der Waals surface area contributed by atoms with Gasteiger partial charge in [-0.1, -0.05) is 24.1 Å². The van der Waals surface area contributed by atoms with Crippen molar-refractivity contribution in [1.29, 1.82) is 0 Å². The van der Waals surface area contributed by atoms with Crippen LogP contribution in [0.2, 0.25) is 0 Å². The number of nitrogens with one attached hydrogen (secondary N) is 1. The Morgan fingerprint density at radius 3 is 2.25 bits per heavy atom. The van der Waals surface area contributed by atoms with Gasteiger partial charge in [0.1, 0.15) is 0 Å². The van der Waals surface area contributed by atoms with Crippen molar-refractivity contribution >= 4 is 0 Å². The smallest absolute Gasteiger partial charge is 0.0213 e. The van der Waals surface area contributed by atoms with E-state index in [0.29, 0.717) is 6.04 Å². The molecule has 0 aromatic heterocycles. The zero-order valence-electron chi connectivity index (χ0n) is 13.6. The summed E-state index contributed by atoms with van der Waals surface area (Å²) in [5, 5.41) is 3.71. The van der Waals surface area contributed by atoms with Crippen LogP contribution in [-0.2, 0) is 6.54 Å². The number of piperidine rings is 1. The van der Waals surface area contributed by atoms with Gasteiger partial charge in [-0.05, 0) is 70.3 Å². The number of hydrogen-bond acceptors (Lipinski definition) is 2. The van der Waals surface area contributed by atoms with E-state index >= 15 is 0 Å². The first-order valence-corrected chi connectivity index (χ1v) is 8.08. The third-order valence-electron chi connectivity index (χ3n) is 4.45. The zero-order chi connectivity index (χ0) is 14.5. The second-order valence-electron chi connectivity index (χ2n) is 6.52. The van der Waals surface area contributed by atoms with Crippen LogP contribution in [0.25, 0.3) is 0 Å². The van der Waals surface area contributed by atoms with Crippen LogP contribution < -0.4 is 5.32 Å². The van der Waals surface area contributed by atoms with Crippen molar-refractivity contribution in [3.63, 3.8) is 0 Å². The Labute approximate surface area is 124 Å². The van der Waals surface area contributed by atoms with E-state index < -0.39 is 0 Å². The van der Waals surface area contributed by atoms with Crippen molar-refractivity contribution < 1.29 is 0 Å². The summed E-state index contributed by atoms with van der Waals surface area (Å²) in [6.07, 6.45) is 4.17. The molecule has 1 aliphatic heterocycles. The molecule has 0 aliphatic carbocycles. The first-order chi connectivity index (χ1) is 9.56. The molecule has 0 saturated carbocycles. The van der Waals surface area contributed by atoms with Gasteiger partial charge in [0.2, 0.25) is 0 Å². The van der Waals surface area contributed by atoms with Gasteiger partial charge in [-0.2, -0.15) is 0 Å². The van der Waals surface area contributed by atoms with Crippen molar-refractivity contribution in [2.45, 2.75) is 59.5 Å². The van der Waals surface area contributed by atoms with E-state index in [1.54, 1.807) is 0 Å². The number of hydrogen-bond donors (Lipinski definition) is 1. The van der Waals surface area contributed by atoms with Gasteiger partial charge in [0.15, 0.2) is 0 Å². The molecular formula is C18H30N2. The summed E-state index contributed by atoms with van der Waals surface area (Å²) in [6, 6.07) is 5.15. The summed E-state index contributed by atoms with van der Waals surface area (Å²) < 4.78 is 0. The van der Waals surface area contributed by atoms with Crippen LogP contribution in [0.1, 0.15) is 48.4 Å². The van der Waals surface area contributed by atoms with E-state index in [2.05, 4.69) is 50.0 Å². The molecule has 1 aliphatic rings. The van der Waals surface area contributed by atoms with Gasteiger partial charge in [-0.25, -0.2) is 0 Å². The van der Waals surface area contributed by atoms with Crippen molar-refractivity contribution in [3.8, 4) is 0 Å². The van der Waals surface area contributed by atoms with Crippen molar-refractivity contribution in [2.75, 3.05) is 19.6 Å². The Morgan fingerprint density at radius 2 is 1.65 bits per heavy atom. The second-order valence-corrected chi connectivity index (χ2v) is 6.52. The fraction of sp³-hybridized carbons (Fsp3) is 0.667. The maximum Gasteiger partial charge on any atom is 0.0213 e. The number of aryl methyl sites for hydroxylation is 3. The topological polar surface area (TPSA) is 15.3 Å². The lowest BCUT2D eigenvalue weighted by molar-refractivity contribution is 0.209. The summed E-state index contributed by atoms with van der Waals surface area (Å²) in [7, 11) is 0. The molecule has 1 aromatic carbocycles. The van der Waals surface area contributed by atoms with E-state index in [1.807, 2.05) is 0 Å². The maximum atomic E-state index is 3.71. The Morgan fingerprint density at radius 1 is 1.05 bits per heavy atom. The molecule has 20 heavy (non-hydrogen) atoms. The molecule has 0 bridgehead atoms. The molecule has 1 N–H and O–H groups in total. The number of nitrogens with zero attached hydrogens (tertiary/aromatic N) is 1. The van der Waals surface area contributed by atoms with Crippen LogP contribution in [0, 0.1) is 20.8 Å². The van der Waals surface area contributed by atoms with E-state index in [1.165, 1.54) is 61.2 Å². The van der Waals surface area contributed by atoms with Gasteiger partial charge in [0.05, 0.1) is 0 Å². The molecule has 0 radical (unpaired) electrons. The molecule has 1 heterocycles. The predicted molar refractivity (Wildman–Crippen MR) is 87.2 cm³/mol. The monoisotopic (exact) mass is 274 g/mol. The van der Waals surface area contributed by atoms with E-state index in [9.17, 15) is 0 Å². The molecule has 0 amide bonds. The van der Waals surface area contributed by atoms with E-state index in [-0.39, 0.29) is 0 Å². The largest absolute Gasteiger partial charge is 0.309 e. The normalized spacial score (nSPS) is 18.2. The Balaban J connectivity index is 1.85. The lowest BCUT2D eigenvalue weighted by Crippen LogP contribution is -2.41. The van der Waals surface area contributed by atoms with Gasteiger partial charge in [-0.15, -0.1) is 0 Å². The molecule has 1 fully saturated rings. The number of benzene rings is 1. The highest BCUT2D eigenvalue weighted by Gasteiger charge is 2.13. The lowest BCUT2D eigenvalue weighted by atomic mass is 9.99. The minimum Gasteiger partial charge on any atom is -0.309 e. The van der Waals surface area contributed by atoms with Crippen LogP contribution >= 0.6 is 0 Å². The number of rotatable bonds is 5. The van der Waals surface area contributed by atoms with E-state index in [4.69, 9.17) is 0 Å². The Kier molecular flexibility index (Phi) is 5.62. The molecular weight excluding hydrogens is 244 g/mol. The zero-order valence-corrected chi connectivity index (χ0v) is 13.6. The molecule has 112 valence electrons. The highest BCUT2D eigenvalue weighted by atomic mass is 15.1. The molecule has 2 rings (SSSR count). The standard InChI is InChI=1S/C18H30N2/c1-14-10-15(2)18(16(3)11-14)12-19-17(4)13-20-8-6-5-7-9-20/h10-11,17,19H,5-9,12-13H2,1-4H3. The highest BCUT2D eigenvalue weighted by molar-refractivity contribution is 5.37. The van der Waals surface area contributed by atoms with Gasteiger partial charge < -0.3 is 10.2 Å². The molecule has 1 atom stereocenters. The van der Waals surface area contributed by atoms with Gasteiger partial charge >= 0.3 is 0 Å². The van der Waals surface area contributed by atoms with Crippen LogP contribution in [0.5, 0.6) is 0 Å². The molecule has 1 unspecified atom stereocenters. The Bertz CT molecular complexity index is 410. The van der Waals surface area contributed by atoms with Crippen LogP contribution in [-0.4, -0.2) is 30.6 Å². The van der Waals surface area contributed by atoms with Gasteiger partial charge in [0, 0.05) is 19.1 Å². The fourth-order valence-electron chi connectivity index (χ4n) is 3.36. The minimum absolute atomic E-state index is 0.563. The Hall–Kier alpha value is -0.860. The van der Waals surface area contributed by atoms with Crippen molar-refractivity contribution in [1.82, 2.24) is 10.2 Å². The van der Waals surface area contributed by atoms with Crippen LogP contribution in [0.3, 0.4) is 0 Å². The first kappa shape index (κ1) is 15.5.